The summed E-state index contributed by atoms with van der Waals surface area (Å²) in [6, 6.07) is 8.37. The van der Waals surface area contributed by atoms with Crippen molar-refractivity contribution in [3.05, 3.63) is 29.3 Å². The predicted molar refractivity (Wildman–Crippen MR) is 81.7 cm³/mol. The normalized spacial score (nSPS) is 21.1. The van der Waals surface area contributed by atoms with Crippen LogP contribution < -0.4 is 4.90 Å². The minimum absolute atomic E-state index is 0.501. The first-order chi connectivity index (χ1) is 9.67. The molecule has 108 valence electrons. The summed E-state index contributed by atoms with van der Waals surface area (Å²) in [5, 5.41) is 19.2. The van der Waals surface area contributed by atoms with Crippen molar-refractivity contribution in [1.29, 1.82) is 5.26 Å². The lowest BCUT2D eigenvalue weighted by Crippen LogP contribution is -2.35. The summed E-state index contributed by atoms with van der Waals surface area (Å²) in [6.07, 6.45) is 5.54. The summed E-state index contributed by atoms with van der Waals surface area (Å²) in [6.45, 7) is 5.04. The average molecular weight is 272 g/mol. The van der Waals surface area contributed by atoms with Crippen molar-refractivity contribution in [3.63, 3.8) is 0 Å². The van der Waals surface area contributed by atoms with Crippen molar-refractivity contribution in [1.82, 2.24) is 0 Å². The molecule has 0 amide bonds. The summed E-state index contributed by atoms with van der Waals surface area (Å²) in [7, 11) is 0. The van der Waals surface area contributed by atoms with Crippen LogP contribution in [0.1, 0.15) is 63.2 Å². The zero-order chi connectivity index (χ0) is 14.5. The number of hydrogen-bond donors (Lipinski definition) is 1. The first-order valence-electron chi connectivity index (χ1n) is 7.66. The van der Waals surface area contributed by atoms with E-state index in [0.29, 0.717) is 11.6 Å². The number of hydrogen-bond acceptors (Lipinski definition) is 3. The van der Waals surface area contributed by atoms with Crippen LogP contribution in [0.2, 0.25) is 0 Å². The van der Waals surface area contributed by atoms with Crippen LogP contribution in [0.5, 0.6) is 0 Å². The van der Waals surface area contributed by atoms with Gasteiger partial charge in [0.15, 0.2) is 0 Å². The number of nitrogens with zero attached hydrogens (tertiary/aromatic N) is 2. The molecule has 0 bridgehead atoms. The molecule has 0 saturated carbocycles. The molecular weight excluding hydrogens is 248 g/mol. The highest BCUT2D eigenvalue weighted by molar-refractivity contribution is 5.59. The fraction of sp³-hybridized carbons (Fsp3) is 0.588. The Morgan fingerprint density at radius 3 is 2.85 bits per heavy atom. The van der Waals surface area contributed by atoms with Crippen LogP contribution in [0.15, 0.2) is 18.2 Å². The Bertz CT molecular complexity index is 490. The van der Waals surface area contributed by atoms with E-state index in [2.05, 4.69) is 17.9 Å². The van der Waals surface area contributed by atoms with Gasteiger partial charge in [0.2, 0.25) is 0 Å². The second kappa shape index (κ2) is 6.76. The largest absolute Gasteiger partial charge is 0.389 e. The fourth-order valence-electron chi connectivity index (χ4n) is 3.13. The van der Waals surface area contributed by atoms with Crippen LogP contribution in [0.4, 0.5) is 5.69 Å². The van der Waals surface area contributed by atoms with E-state index in [0.717, 1.165) is 24.2 Å². The average Bonchev–Trinajstić information content (AvgIpc) is 2.71. The number of nitriles is 1. The molecule has 20 heavy (non-hydrogen) atoms. The molecule has 1 unspecified atom stereocenters. The van der Waals surface area contributed by atoms with Crippen molar-refractivity contribution in [2.75, 3.05) is 11.4 Å². The third-order valence-electron chi connectivity index (χ3n) is 4.27. The summed E-state index contributed by atoms with van der Waals surface area (Å²) in [5.41, 5.74) is 2.65. The monoisotopic (exact) mass is 272 g/mol. The van der Waals surface area contributed by atoms with Gasteiger partial charge in [0, 0.05) is 23.8 Å². The molecule has 3 nitrogen and oxygen atoms in total. The van der Waals surface area contributed by atoms with Crippen LogP contribution in [0, 0.1) is 11.3 Å². The highest BCUT2D eigenvalue weighted by Gasteiger charge is 2.23. The van der Waals surface area contributed by atoms with Crippen LogP contribution >= 0.6 is 0 Å². The minimum atomic E-state index is -0.501. The van der Waals surface area contributed by atoms with E-state index in [1.54, 1.807) is 13.0 Å². The number of anilines is 1. The molecule has 1 aromatic rings. The molecule has 1 heterocycles. The molecule has 2 rings (SSSR count). The Labute approximate surface area is 121 Å². The Kier molecular flexibility index (Phi) is 5.03. The molecule has 1 fully saturated rings. The van der Waals surface area contributed by atoms with E-state index >= 15 is 0 Å². The van der Waals surface area contributed by atoms with Gasteiger partial charge in [-0.05, 0) is 38.3 Å². The lowest BCUT2D eigenvalue weighted by Gasteiger charge is -2.33. The lowest BCUT2D eigenvalue weighted by atomic mass is 10.0. The Morgan fingerprint density at radius 1 is 1.40 bits per heavy atom. The molecule has 0 aromatic heterocycles. The van der Waals surface area contributed by atoms with Crippen LogP contribution in [0.3, 0.4) is 0 Å². The quantitative estimate of drug-likeness (QED) is 0.911. The van der Waals surface area contributed by atoms with Gasteiger partial charge in [-0.2, -0.15) is 5.26 Å². The lowest BCUT2D eigenvalue weighted by molar-refractivity contribution is 0.199. The van der Waals surface area contributed by atoms with Gasteiger partial charge >= 0.3 is 0 Å². The molecular formula is C17H24N2O. The third-order valence-corrected chi connectivity index (χ3v) is 4.27. The number of benzene rings is 1. The molecule has 1 saturated heterocycles. The van der Waals surface area contributed by atoms with Crippen LogP contribution in [-0.2, 0) is 0 Å². The summed E-state index contributed by atoms with van der Waals surface area (Å²) in [5.74, 6) is 0. The van der Waals surface area contributed by atoms with Gasteiger partial charge in [0.05, 0.1) is 17.7 Å². The standard InChI is InChI=1S/C17H24N2O/c1-3-15-7-5-4-6-10-19(15)17-11-14(12-18)8-9-16(17)13(2)20/h8-9,11,13,15,20H,3-7,10H2,1-2H3/t13-,15?/m0/s1. The summed E-state index contributed by atoms with van der Waals surface area (Å²) < 4.78 is 0. The van der Waals surface area contributed by atoms with Crippen molar-refractivity contribution < 1.29 is 5.11 Å². The van der Waals surface area contributed by atoms with Gasteiger partial charge in [-0.25, -0.2) is 0 Å². The first-order valence-corrected chi connectivity index (χ1v) is 7.66. The maximum atomic E-state index is 10.0. The zero-order valence-electron chi connectivity index (χ0n) is 12.5. The molecule has 0 radical (unpaired) electrons. The van der Waals surface area contributed by atoms with Crippen LogP contribution in [0.25, 0.3) is 0 Å². The van der Waals surface area contributed by atoms with E-state index in [1.165, 1.54) is 25.7 Å². The van der Waals surface area contributed by atoms with Gasteiger partial charge in [-0.1, -0.05) is 25.8 Å². The number of aliphatic hydroxyl groups is 1. The van der Waals surface area contributed by atoms with E-state index in [-0.39, 0.29) is 0 Å². The van der Waals surface area contributed by atoms with Crippen molar-refractivity contribution in [2.24, 2.45) is 0 Å². The molecule has 1 N–H and O–H groups in total. The maximum Gasteiger partial charge on any atom is 0.0992 e. The number of aliphatic hydroxyl groups excluding tert-OH is 1. The van der Waals surface area contributed by atoms with Gasteiger partial charge in [-0.15, -0.1) is 0 Å². The summed E-state index contributed by atoms with van der Waals surface area (Å²) in [4.78, 5) is 2.41. The van der Waals surface area contributed by atoms with E-state index in [9.17, 15) is 5.11 Å². The second-order valence-corrected chi connectivity index (χ2v) is 5.67. The topological polar surface area (TPSA) is 47.3 Å². The van der Waals surface area contributed by atoms with Gasteiger partial charge in [0.25, 0.3) is 0 Å². The molecule has 1 aromatic carbocycles. The fourth-order valence-corrected chi connectivity index (χ4v) is 3.13. The first kappa shape index (κ1) is 14.9. The SMILES string of the molecule is CCC1CCCCCN1c1cc(C#N)ccc1[C@H](C)O. The van der Waals surface area contributed by atoms with Crippen molar-refractivity contribution in [2.45, 2.75) is 58.1 Å². The highest BCUT2D eigenvalue weighted by atomic mass is 16.3. The Morgan fingerprint density at radius 2 is 2.20 bits per heavy atom. The minimum Gasteiger partial charge on any atom is -0.389 e. The Hall–Kier alpha value is -1.53. The molecule has 1 aliphatic heterocycles. The molecule has 0 aliphatic carbocycles. The molecule has 0 spiro atoms. The maximum absolute atomic E-state index is 10.0. The van der Waals surface area contributed by atoms with E-state index < -0.39 is 6.10 Å². The second-order valence-electron chi connectivity index (χ2n) is 5.67. The molecule has 3 heteroatoms. The van der Waals surface area contributed by atoms with Gasteiger partial charge in [0.1, 0.15) is 0 Å². The molecule has 2 atom stereocenters. The van der Waals surface area contributed by atoms with E-state index in [4.69, 9.17) is 5.26 Å². The number of rotatable bonds is 3. The zero-order valence-corrected chi connectivity index (χ0v) is 12.5. The smallest absolute Gasteiger partial charge is 0.0992 e. The highest BCUT2D eigenvalue weighted by Crippen LogP contribution is 2.32. The van der Waals surface area contributed by atoms with E-state index in [1.807, 2.05) is 12.1 Å². The predicted octanol–water partition coefficient (Wildman–Crippen LogP) is 3.77. The summed E-state index contributed by atoms with van der Waals surface area (Å²) >= 11 is 0. The van der Waals surface area contributed by atoms with Gasteiger partial charge < -0.3 is 10.0 Å². The van der Waals surface area contributed by atoms with Gasteiger partial charge in [-0.3, -0.25) is 0 Å². The van der Waals surface area contributed by atoms with Crippen molar-refractivity contribution in [3.8, 4) is 6.07 Å². The molecule has 1 aliphatic rings. The van der Waals surface area contributed by atoms with Crippen LogP contribution in [-0.4, -0.2) is 17.7 Å². The third kappa shape index (κ3) is 3.13. The van der Waals surface area contributed by atoms with Crippen molar-refractivity contribution >= 4 is 5.69 Å². The Balaban J connectivity index is 2.44.